The van der Waals surface area contributed by atoms with Crippen molar-refractivity contribution >= 4 is 23.4 Å². The number of aromatic carboxylic acids is 1. The molecule has 0 saturated heterocycles. The van der Waals surface area contributed by atoms with Crippen LogP contribution in [0, 0.1) is 0 Å². The SMILES string of the molecule is CCc1cc(C(=O)O)cc(N(C)Cc2ccccc2Cl)n1. The van der Waals surface area contributed by atoms with Gasteiger partial charge in [0.1, 0.15) is 5.82 Å². The van der Waals surface area contributed by atoms with Crippen LogP contribution in [0.4, 0.5) is 5.82 Å². The lowest BCUT2D eigenvalue weighted by atomic mass is 10.1. The van der Waals surface area contributed by atoms with Gasteiger partial charge in [0.2, 0.25) is 0 Å². The summed E-state index contributed by atoms with van der Waals surface area (Å²) >= 11 is 6.15. The summed E-state index contributed by atoms with van der Waals surface area (Å²) in [6.07, 6.45) is 0.689. The average Bonchev–Trinajstić information content (AvgIpc) is 2.49. The van der Waals surface area contributed by atoms with Crippen LogP contribution in [0.25, 0.3) is 0 Å². The zero-order valence-corrected chi connectivity index (χ0v) is 12.8. The molecule has 0 bridgehead atoms. The van der Waals surface area contributed by atoms with Crippen molar-refractivity contribution in [1.29, 1.82) is 0 Å². The van der Waals surface area contributed by atoms with Crippen molar-refractivity contribution in [3.05, 3.63) is 58.2 Å². The largest absolute Gasteiger partial charge is 0.478 e. The number of anilines is 1. The number of hydrogen-bond donors (Lipinski definition) is 1. The summed E-state index contributed by atoms with van der Waals surface area (Å²) in [5, 5.41) is 9.87. The second kappa shape index (κ2) is 6.59. The molecule has 21 heavy (non-hydrogen) atoms. The topological polar surface area (TPSA) is 53.4 Å². The first-order valence-electron chi connectivity index (χ1n) is 6.70. The van der Waals surface area contributed by atoms with Crippen molar-refractivity contribution < 1.29 is 9.90 Å². The van der Waals surface area contributed by atoms with Crippen molar-refractivity contribution in [3.8, 4) is 0 Å². The fourth-order valence-corrected chi connectivity index (χ4v) is 2.23. The molecule has 1 heterocycles. The Labute approximate surface area is 129 Å². The first-order chi connectivity index (χ1) is 10.0. The highest BCUT2D eigenvalue weighted by atomic mass is 35.5. The van der Waals surface area contributed by atoms with E-state index in [2.05, 4.69) is 4.98 Å². The van der Waals surface area contributed by atoms with Gasteiger partial charge in [0.05, 0.1) is 5.56 Å². The summed E-state index contributed by atoms with van der Waals surface area (Å²) in [5.41, 5.74) is 1.99. The molecule has 110 valence electrons. The van der Waals surface area contributed by atoms with E-state index in [1.165, 1.54) is 0 Å². The van der Waals surface area contributed by atoms with E-state index in [0.29, 0.717) is 23.8 Å². The van der Waals surface area contributed by atoms with Gasteiger partial charge < -0.3 is 10.0 Å². The monoisotopic (exact) mass is 304 g/mol. The Morgan fingerprint density at radius 3 is 2.67 bits per heavy atom. The minimum atomic E-state index is -0.945. The van der Waals surface area contributed by atoms with Gasteiger partial charge in [-0.15, -0.1) is 0 Å². The van der Waals surface area contributed by atoms with Crippen molar-refractivity contribution in [2.24, 2.45) is 0 Å². The van der Waals surface area contributed by atoms with E-state index in [-0.39, 0.29) is 5.56 Å². The Bertz CT molecular complexity index is 658. The van der Waals surface area contributed by atoms with E-state index in [1.54, 1.807) is 12.1 Å². The maximum Gasteiger partial charge on any atom is 0.335 e. The molecule has 0 fully saturated rings. The molecule has 1 aromatic heterocycles. The van der Waals surface area contributed by atoms with Gasteiger partial charge in [0, 0.05) is 24.3 Å². The normalized spacial score (nSPS) is 10.4. The standard InChI is InChI=1S/C16H17ClN2O2/c1-3-13-8-12(16(20)21)9-15(18-13)19(2)10-11-6-4-5-7-14(11)17/h4-9H,3,10H2,1-2H3,(H,20,21). The quantitative estimate of drug-likeness (QED) is 0.916. The van der Waals surface area contributed by atoms with E-state index >= 15 is 0 Å². The predicted octanol–water partition coefficient (Wildman–Crippen LogP) is 3.63. The van der Waals surface area contributed by atoms with Crippen LogP contribution in [0.5, 0.6) is 0 Å². The summed E-state index contributed by atoms with van der Waals surface area (Å²) in [6, 6.07) is 10.8. The summed E-state index contributed by atoms with van der Waals surface area (Å²) in [6.45, 7) is 2.52. The van der Waals surface area contributed by atoms with Gasteiger partial charge in [-0.1, -0.05) is 36.7 Å². The first-order valence-corrected chi connectivity index (χ1v) is 7.08. The summed E-state index contributed by atoms with van der Waals surface area (Å²) in [5.74, 6) is -0.314. The molecule has 0 saturated carbocycles. The molecule has 0 spiro atoms. The number of benzene rings is 1. The Balaban J connectivity index is 2.30. The highest BCUT2D eigenvalue weighted by Gasteiger charge is 2.12. The number of aryl methyl sites for hydroxylation is 1. The van der Waals surface area contributed by atoms with Crippen LogP contribution in [-0.2, 0) is 13.0 Å². The molecular weight excluding hydrogens is 288 g/mol. The number of pyridine rings is 1. The van der Waals surface area contributed by atoms with Gasteiger partial charge in [-0.2, -0.15) is 0 Å². The Hall–Kier alpha value is -2.07. The fourth-order valence-electron chi connectivity index (χ4n) is 2.04. The zero-order valence-electron chi connectivity index (χ0n) is 12.0. The van der Waals surface area contributed by atoms with E-state index in [9.17, 15) is 9.90 Å². The molecule has 0 aliphatic rings. The fraction of sp³-hybridized carbons (Fsp3) is 0.250. The van der Waals surface area contributed by atoms with Crippen LogP contribution in [0.3, 0.4) is 0 Å². The number of carboxylic acids is 1. The minimum absolute atomic E-state index is 0.253. The summed E-state index contributed by atoms with van der Waals surface area (Å²) in [4.78, 5) is 17.6. The molecule has 0 radical (unpaired) electrons. The Morgan fingerprint density at radius 1 is 1.33 bits per heavy atom. The molecule has 5 heteroatoms. The molecule has 0 unspecified atom stereocenters. The summed E-state index contributed by atoms with van der Waals surface area (Å²) < 4.78 is 0. The minimum Gasteiger partial charge on any atom is -0.478 e. The number of carboxylic acid groups (broad SMARTS) is 1. The van der Waals surface area contributed by atoms with Gasteiger partial charge >= 0.3 is 5.97 Å². The summed E-state index contributed by atoms with van der Waals surface area (Å²) in [7, 11) is 1.87. The van der Waals surface area contributed by atoms with E-state index in [1.807, 2.05) is 43.1 Å². The van der Waals surface area contributed by atoms with Crippen LogP contribution in [0.1, 0.15) is 28.5 Å². The van der Waals surface area contributed by atoms with Crippen molar-refractivity contribution in [2.45, 2.75) is 19.9 Å². The number of hydrogen-bond acceptors (Lipinski definition) is 3. The molecular formula is C16H17ClN2O2. The molecule has 0 atom stereocenters. The first kappa shape index (κ1) is 15.3. The second-order valence-electron chi connectivity index (χ2n) is 4.81. The number of nitrogens with zero attached hydrogens (tertiary/aromatic N) is 2. The third-order valence-corrected chi connectivity index (χ3v) is 3.60. The molecule has 1 N–H and O–H groups in total. The molecule has 2 rings (SSSR count). The lowest BCUT2D eigenvalue weighted by Crippen LogP contribution is -2.19. The van der Waals surface area contributed by atoms with Crippen LogP contribution in [-0.4, -0.2) is 23.1 Å². The van der Waals surface area contributed by atoms with Gasteiger partial charge in [0.15, 0.2) is 0 Å². The molecule has 0 aliphatic carbocycles. The zero-order chi connectivity index (χ0) is 15.4. The number of carbonyl (C=O) groups is 1. The van der Waals surface area contributed by atoms with Gasteiger partial charge in [-0.05, 0) is 30.2 Å². The highest BCUT2D eigenvalue weighted by molar-refractivity contribution is 6.31. The van der Waals surface area contributed by atoms with E-state index in [4.69, 9.17) is 11.6 Å². The third kappa shape index (κ3) is 3.73. The van der Waals surface area contributed by atoms with Gasteiger partial charge in [0.25, 0.3) is 0 Å². The Kier molecular flexibility index (Phi) is 4.81. The predicted molar refractivity (Wildman–Crippen MR) is 84.1 cm³/mol. The number of rotatable bonds is 5. The Morgan fingerprint density at radius 2 is 2.05 bits per heavy atom. The van der Waals surface area contributed by atoms with Crippen LogP contribution >= 0.6 is 11.6 Å². The molecule has 4 nitrogen and oxygen atoms in total. The van der Waals surface area contributed by atoms with E-state index < -0.39 is 5.97 Å². The molecule has 2 aromatic rings. The number of aromatic nitrogens is 1. The lowest BCUT2D eigenvalue weighted by molar-refractivity contribution is 0.0696. The number of halogens is 1. The average molecular weight is 305 g/mol. The van der Waals surface area contributed by atoms with Crippen LogP contribution < -0.4 is 4.90 Å². The van der Waals surface area contributed by atoms with Crippen LogP contribution in [0.2, 0.25) is 5.02 Å². The maximum absolute atomic E-state index is 11.2. The van der Waals surface area contributed by atoms with Gasteiger partial charge in [-0.25, -0.2) is 9.78 Å². The molecule has 0 aliphatic heterocycles. The van der Waals surface area contributed by atoms with Crippen molar-refractivity contribution in [2.75, 3.05) is 11.9 Å². The van der Waals surface area contributed by atoms with Crippen molar-refractivity contribution in [3.63, 3.8) is 0 Å². The smallest absolute Gasteiger partial charge is 0.335 e. The second-order valence-corrected chi connectivity index (χ2v) is 5.22. The van der Waals surface area contributed by atoms with Crippen molar-refractivity contribution in [1.82, 2.24) is 4.98 Å². The van der Waals surface area contributed by atoms with Gasteiger partial charge in [-0.3, -0.25) is 0 Å². The molecule has 1 aromatic carbocycles. The molecule has 0 amide bonds. The third-order valence-electron chi connectivity index (χ3n) is 3.23. The van der Waals surface area contributed by atoms with Crippen LogP contribution in [0.15, 0.2) is 36.4 Å². The highest BCUT2D eigenvalue weighted by Crippen LogP contribution is 2.21. The lowest BCUT2D eigenvalue weighted by Gasteiger charge is -2.20. The van der Waals surface area contributed by atoms with E-state index in [0.717, 1.165) is 11.3 Å². The maximum atomic E-state index is 11.2.